The molecule has 1 amide bonds. The van der Waals surface area contributed by atoms with E-state index < -0.39 is 0 Å². The highest BCUT2D eigenvalue weighted by atomic mass is 19.1. The van der Waals surface area contributed by atoms with Gasteiger partial charge in [-0.15, -0.1) is 0 Å². The molecule has 132 valence electrons. The summed E-state index contributed by atoms with van der Waals surface area (Å²) in [4.78, 5) is 12.1. The van der Waals surface area contributed by atoms with Crippen LogP contribution >= 0.6 is 0 Å². The average Bonchev–Trinajstić information content (AvgIpc) is 2.68. The monoisotopic (exact) mass is 347 g/mol. The third-order valence-corrected chi connectivity index (χ3v) is 4.47. The number of hydrogen-bond acceptors (Lipinski definition) is 1. The van der Waals surface area contributed by atoms with Crippen molar-refractivity contribution in [3.8, 4) is 0 Å². The minimum Gasteiger partial charge on any atom is -0.356 e. The molecule has 0 aromatic heterocycles. The van der Waals surface area contributed by atoms with E-state index in [9.17, 15) is 9.18 Å². The van der Waals surface area contributed by atoms with Crippen LogP contribution in [0.1, 0.15) is 29.0 Å². The predicted molar refractivity (Wildman–Crippen MR) is 102 cm³/mol. The van der Waals surface area contributed by atoms with Gasteiger partial charge in [-0.1, -0.05) is 78.9 Å². The van der Waals surface area contributed by atoms with Crippen molar-refractivity contribution in [3.05, 3.63) is 107 Å². The number of hydrogen-bond donors (Lipinski definition) is 1. The van der Waals surface area contributed by atoms with E-state index >= 15 is 0 Å². The minimum absolute atomic E-state index is 0.0635. The maximum Gasteiger partial charge on any atom is 0.224 e. The van der Waals surface area contributed by atoms with E-state index in [1.165, 1.54) is 17.2 Å². The number of amides is 1. The van der Waals surface area contributed by atoms with Gasteiger partial charge in [0.2, 0.25) is 5.91 Å². The quantitative estimate of drug-likeness (QED) is 0.659. The van der Waals surface area contributed by atoms with Gasteiger partial charge in [0.05, 0.1) is 6.42 Å². The van der Waals surface area contributed by atoms with Crippen LogP contribution in [0.4, 0.5) is 4.39 Å². The summed E-state index contributed by atoms with van der Waals surface area (Å²) in [5.74, 6) is -0.282. The van der Waals surface area contributed by atoms with E-state index in [-0.39, 0.29) is 24.1 Å². The molecule has 0 aliphatic heterocycles. The van der Waals surface area contributed by atoms with Gasteiger partial charge in [-0.05, 0) is 29.2 Å². The number of carbonyl (C=O) groups excluding carboxylic acids is 1. The van der Waals surface area contributed by atoms with E-state index in [4.69, 9.17) is 0 Å². The molecule has 0 heterocycles. The van der Waals surface area contributed by atoms with Gasteiger partial charge >= 0.3 is 0 Å². The van der Waals surface area contributed by atoms with Crippen LogP contribution in [0.3, 0.4) is 0 Å². The maximum atomic E-state index is 13.7. The van der Waals surface area contributed by atoms with Gasteiger partial charge in [0.25, 0.3) is 0 Å². The molecule has 3 heteroatoms. The highest BCUT2D eigenvalue weighted by Crippen LogP contribution is 2.27. The first-order valence-electron chi connectivity index (χ1n) is 8.84. The fraction of sp³-hybridized carbons (Fsp3) is 0.174. The molecule has 2 nitrogen and oxygen atoms in total. The molecule has 0 aliphatic rings. The van der Waals surface area contributed by atoms with E-state index in [1.807, 2.05) is 36.4 Å². The summed E-state index contributed by atoms with van der Waals surface area (Å²) in [6, 6.07) is 27.0. The first kappa shape index (κ1) is 17.9. The van der Waals surface area contributed by atoms with Crippen molar-refractivity contribution in [1.82, 2.24) is 5.32 Å². The lowest BCUT2D eigenvalue weighted by Gasteiger charge is -2.18. The summed E-state index contributed by atoms with van der Waals surface area (Å²) in [5, 5.41) is 2.92. The van der Waals surface area contributed by atoms with Gasteiger partial charge < -0.3 is 5.32 Å². The second kappa shape index (κ2) is 8.95. The maximum absolute atomic E-state index is 13.7. The molecule has 0 unspecified atom stereocenters. The fourth-order valence-corrected chi connectivity index (χ4v) is 3.13. The first-order valence-corrected chi connectivity index (χ1v) is 8.84. The van der Waals surface area contributed by atoms with Crippen LogP contribution in [0.25, 0.3) is 0 Å². The van der Waals surface area contributed by atoms with Gasteiger partial charge in [-0.25, -0.2) is 4.39 Å². The second-order valence-corrected chi connectivity index (χ2v) is 6.28. The smallest absolute Gasteiger partial charge is 0.224 e. The van der Waals surface area contributed by atoms with Gasteiger partial charge in [-0.3, -0.25) is 4.79 Å². The van der Waals surface area contributed by atoms with Gasteiger partial charge in [0, 0.05) is 12.5 Å². The number of halogens is 1. The number of carbonyl (C=O) groups is 1. The van der Waals surface area contributed by atoms with Crippen molar-refractivity contribution < 1.29 is 9.18 Å². The zero-order valence-corrected chi connectivity index (χ0v) is 14.6. The molecule has 0 radical (unpaired) electrons. The standard InChI is InChI=1S/C23H22FNO/c24-22-14-8-7-13-20(22)17-23(26)25-16-15-21(18-9-3-1-4-10-18)19-11-5-2-6-12-19/h1-14,21H,15-17H2,(H,25,26). The molecule has 0 aliphatic carbocycles. The van der Waals surface area contributed by atoms with Crippen LogP contribution in [0, 0.1) is 5.82 Å². The fourth-order valence-electron chi connectivity index (χ4n) is 3.13. The Balaban J connectivity index is 1.62. The predicted octanol–water partition coefficient (Wildman–Crippen LogP) is 4.71. The molecule has 1 N–H and O–H groups in total. The van der Waals surface area contributed by atoms with Crippen LogP contribution in [0.2, 0.25) is 0 Å². The van der Waals surface area contributed by atoms with Crippen LogP contribution in [0.5, 0.6) is 0 Å². The topological polar surface area (TPSA) is 29.1 Å². The van der Waals surface area contributed by atoms with Crippen LogP contribution < -0.4 is 5.32 Å². The van der Waals surface area contributed by atoms with Crippen LogP contribution in [-0.4, -0.2) is 12.5 Å². The average molecular weight is 347 g/mol. The Bertz CT molecular complexity index is 794. The minimum atomic E-state index is -0.339. The third-order valence-electron chi connectivity index (χ3n) is 4.47. The normalized spacial score (nSPS) is 10.7. The summed E-state index contributed by atoms with van der Waals surface area (Å²) in [6.07, 6.45) is 0.852. The van der Waals surface area contributed by atoms with Crippen molar-refractivity contribution >= 4 is 5.91 Å². The lowest BCUT2D eigenvalue weighted by Crippen LogP contribution is -2.27. The first-order chi connectivity index (χ1) is 12.7. The van der Waals surface area contributed by atoms with Crippen molar-refractivity contribution in [2.75, 3.05) is 6.54 Å². The molecule has 3 aromatic carbocycles. The van der Waals surface area contributed by atoms with Crippen LogP contribution in [-0.2, 0) is 11.2 Å². The molecule has 0 saturated carbocycles. The zero-order chi connectivity index (χ0) is 18.2. The van der Waals surface area contributed by atoms with Crippen molar-refractivity contribution in [2.24, 2.45) is 0 Å². The molecule has 0 saturated heterocycles. The molecular weight excluding hydrogens is 325 g/mol. The van der Waals surface area contributed by atoms with Crippen LogP contribution in [0.15, 0.2) is 84.9 Å². The highest BCUT2D eigenvalue weighted by molar-refractivity contribution is 5.78. The molecule has 26 heavy (non-hydrogen) atoms. The lowest BCUT2D eigenvalue weighted by molar-refractivity contribution is -0.120. The molecule has 0 fully saturated rings. The lowest BCUT2D eigenvalue weighted by atomic mass is 9.88. The number of benzene rings is 3. The molecule has 0 bridgehead atoms. The summed E-state index contributed by atoms with van der Waals surface area (Å²) in [7, 11) is 0. The zero-order valence-electron chi connectivity index (χ0n) is 14.6. The summed E-state index contributed by atoms with van der Waals surface area (Å²) < 4.78 is 13.7. The summed E-state index contributed by atoms with van der Waals surface area (Å²) in [5.41, 5.74) is 2.87. The van der Waals surface area contributed by atoms with Gasteiger partial charge in [0.15, 0.2) is 0 Å². The molecular formula is C23H22FNO. The Morgan fingerprint density at radius 1 is 0.808 bits per heavy atom. The Morgan fingerprint density at radius 2 is 1.35 bits per heavy atom. The van der Waals surface area contributed by atoms with Crippen molar-refractivity contribution in [3.63, 3.8) is 0 Å². The van der Waals surface area contributed by atoms with E-state index in [1.54, 1.807) is 18.2 Å². The Labute approximate surface area is 153 Å². The highest BCUT2D eigenvalue weighted by Gasteiger charge is 2.14. The van der Waals surface area contributed by atoms with E-state index in [0.717, 1.165) is 6.42 Å². The molecule has 3 rings (SSSR count). The van der Waals surface area contributed by atoms with Gasteiger partial charge in [0.1, 0.15) is 5.82 Å². The SMILES string of the molecule is O=C(Cc1ccccc1F)NCCC(c1ccccc1)c1ccccc1. The second-order valence-electron chi connectivity index (χ2n) is 6.28. The summed E-state index contributed by atoms with van der Waals surface area (Å²) >= 11 is 0. The molecule has 0 atom stereocenters. The van der Waals surface area contributed by atoms with Gasteiger partial charge in [-0.2, -0.15) is 0 Å². The number of nitrogens with one attached hydrogen (secondary N) is 1. The van der Waals surface area contributed by atoms with E-state index in [2.05, 4.69) is 29.6 Å². The molecule has 0 spiro atoms. The van der Waals surface area contributed by atoms with E-state index in [0.29, 0.717) is 12.1 Å². The third kappa shape index (κ3) is 4.79. The van der Waals surface area contributed by atoms with Crippen molar-refractivity contribution in [2.45, 2.75) is 18.8 Å². The number of rotatable bonds is 7. The Hall–Kier alpha value is -2.94. The molecule has 3 aromatic rings. The Morgan fingerprint density at radius 3 is 1.92 bits per heavy atom. The Kier molecular flexibility index (Phi) is 6.15. The van der Waals surface area contributed by atoms with Crippen molar-refractivity contribution in [1.29, 1.82) is 0 Å². The summed E-state index contributed by atoms with van der Waals surface area (Å²) in [6.45, 7) is 0.543. The largest absolute Gasteiger partial charge is 0.356 e.